The van der Waals surface area contributed by atoms with E-state index in [0.717, 1.165) is 27.4 Å². The summed E-state index contributed by atoms with van der Waals surface area (Å²) < 4.78 is 123. The van der Waals surface area contributed by atoms with Gasteiger partial charge in [-0.05, 0) is 108 Å². The number of rotatable bonds is 17. The van der Waals surface area contributed by atoms with E-state index in [0.29, 0.717) is 29.0 Å². The number of ether oxygens (including phenoxy) is 7. The van der Waals surface area contributed by atoms with Crippen molar-refractivity contribution in [1.29, 1.82) is 0 Å². The Bertz CT molecular complexity index is 2780. The standard InChI is InChI=1S/C14H18O3.C13H20FO14P3.C13H17FO5.C8H8FIO/c1-3-12-10(2)13(14(15)17-12)16-9-11-7-5-4-6-8-11;1-6-3-9(24-2)7(4-8(6)14)13-12(16)11(15)10(26-13)5-25-30(20,21)28-31(22,23)27-29(17,18)19;1-6-3-9(18-2)7(4-8(6)14)13-12(17)11(16)10(5-15)19-13;1-5-3-8(11-2)7(10)4-6(5)9/h4-8,10,12-13H,3,9H2,1-2H3;3-4,10-13,15-16H,5H2,1-2H3,(H,20,21)(H,22,23)(H2,17,18,19);3-4,10-13,15-17H,5H2,1-2H3;3-4H,1-2H3/t10-,12+,13?;2*10-,11+,12?,13+;/m011./s1. The number of carbonyl (C=O) groups excluding carboxylic acids is 1. The first kappa shape index (κ1) is 66.9. The SMILES string of the molecule is CC[C@H]1OC(=O)C(OCc2ccccc2)[C@H]1C.COc1cc(C)c(F)cc1I.COc1cc(C)c(F)cc1[C@@H]1O[C@H](CO)[C@H](O)C1O.COc1cc(C)c(F)cc1[C@@H]1O[C@H](COP(=O)(O)OP(=O)(O)OP(=O)(O)O)[C@H](O)C1O. The normalized spacial score (nSPS) is 26.2. The van der Waals surface area contributed by atoms with Gasteiger partial charge >= 0.3 is 29.4 Å². The van der Waals surface area contributed by atoms with Crippen LogP contribution in [0.4, 0.5) is 13.2 Å². The van der Waals surface area contributed by atoms with Crippen molar-refractivity contribution < 1.29 is 123 Å². The van der Waals surface area contributed by atoms with Crippen LogP contribution in [0, 0.1) is 47.7 Å². The molecular weight excluding hydrogens is 1220 g/mol. The number of halogens is 4. The van der Waals surface area contributed by atoms with Crippen LogP contribution in [0.3, 0.4) is 0 Å². The van der Waals surface area contributed by atoms with Crippen molar-refractivity contribution in [3.8, 4) is 17.2 Å². The molecule has 3 heterocycles. The van der Waals surface area contributed by atoms with Crippen LogP contribution in [0.15, 0.2) is 66.7 Å². The van der Waals surface area contributed by atoms with Gasteiger partial charge in [0.25, 0.3) is 0 Å². The maximum absolute atomic E-state index is 14.0. The van der Waals surface area contributed by atoms with Gasteiger partial charge in [0.05, 0.1) is 44.7 Å². The fourth-order valence-corrected chi connectivity index (χ4v) is 11.5. The van der Waals surface area contributed by atoms with Crippen molar-refractivity contribution in [3.05, 3.63) is 121 Å². The van der Waals surface area contributed by atoms with Crippen molar-refractivity contribution in [2.45, 2.75) is 109 Å². The molecule has 7 rings (SSSR count). The second kappa shape index (κ2) is 29.4. The molecule has 0 bridgehead atoms. The lowest BCUT2D eigenvalue weighted by Crippen LogP contribution is -2.33. The Hall–Kier alpha value is -3.64. The Labute approximate surface area is 460 Å². The van der Waals surface area contributed by atoms with Crippen LogP contribution >= 0.6 is 46.1 Å². The number of esters is 1. The first-order valence-electron chi connectivity index (χ1n) is 23.4. The van der Waals surface area contributed by atoms with Gasteiger partial charge in [0.2, 0.25) is 0 Å². The number of phosphoric acid groups is 3. The third-order valence-corrected chi connectivity index (χ3v) is 16.7. The van der Waals surface area contributed by atoms with E-state index in [1.807, 2.05) is 66.8 Å². The third-order valence-electron chi connectivity index (χ3n) is 12.0. The molecule has 0 saturated carbocycles. The van der Waals surface area contributed by atoms with Gasteiger partial charge in [-0.2, -0.15) is 8.62 Å². The smallest absolute Gasteiger partial charge is 0.490 e. The highest BCUT2D eigenvalue weighted by molar-refractivity contribution is 14.1. The van der Waals surface area contributed by atoms with Gasteiger partial charge in [0.1, 0.15) is 89.6 Å². The van der Waals surface area contributed by atoms with Gasteiger partial charge in [0, 0.05) is 17.0 Å². The lowest BCUT2D eigenvalue weighted by atomic mass is 9.99. The predicted molar refractivity (Wildman–Crippen MR) is 276 cm³/mol. The molecule has 4 aromatic rings. The summed E-state index contributed by atoms with van der Waals surface area (Å²) in [5, 5.41) is 49.0. The van der Waals surface area contributed by atoms with Gasteiger partial charge < -0.3 is 78.3 Å². The molecule has 3 saturated heterocycles. The summed E-state index contributed by atoms with van der Waals surface area (Å²) in [5.41, 5.74) is 2.67. The number of phosphoric ester groups is 1. The molecule has 9 N–H and O–H groups in total. The number of methoxy groups -OCH3 is 3. The number of aliphatic hydroxyl groups is 5. The second-order valence-electron chi connectivity index (χ2n) is 17.6. The van der Waals surface area contributed by atoms with E-state index in [9.17, 15) is 57.0 Å². The number of aliphatic hydroxyl groups excluding tert-OH is 5. The maximum Gasteiger partial charge on any atom is 0.490 e. The lowest BCUT2D eigenvalue weighted by Gasteiger charge is -2.19. The summed E-state index contributed by atoms with van der Waals surface area (Å²) in [6.07, 6.45) is -10.1. The summed E-state index contributed by atoms with van der Waals surface area (Å²) in [5.74, 6) is -0.153. The molecule has 3 aliphatic rings. The van der Waals surface area contributed by atoms with Gasteiger partial charge in [-0.25, -0.2) is 31.7 Å². The molecule has 78 heavy (non-hydrogen) atoms. The van der Waals surface area contributed by atoms with Crippen molar-refractivity contribution in [3.63, 3.8) is 0 Å². The highest BCUT2D eigenvalue weighted by Gasteiger charge is 2.48. The molecule has 436 valence electrons. The number of cyclic esters (lactones) is 1. The molecule has 0 amide bonds. The molecule has 0 aromatic heterocycles. The lowest BCUT2D eigenvalue weighted by molar-refractivity contribution is -0.150. The van der Waals surface area contributed by atoms with E-state index in [2.05, 4.69) is 13.1 Å². The van der Waals surface area contributed by atoms with E-state index in [-0.39, 0.29) is 40.7 Å². The van der Waals surface area contributed by atoms with E-state index in [1.54, 1.807) is 27.0 Å². The molecule has 3 fully saturated rings. The fourth-order valence-electron chi connectivity index (χ4n) is 7.87. The topological polar surface area (TPSA) is 343 Å². The van der Waals surface area contributed by atoms with Crippen LogP contribution in [0.5, 0.6) is 17.2 Å². The molecule has 4 aromatic carbocycles. The molecule has 0 aliphatic carbocycles. The van der Waals surface area contributed by atoms with Crippen molar-refractivity contribution in [2.75, 3.05) is 34.5 Å². The van der Waals surface area contributed by atoms with Gasteiger partial charge in [-0.15, -0.1) is 0 Å². The first-order chi connectivity index (χ1) is 36.4. The van der Waals surface area contributed by atoms with Gasteiger partial charge in [-0.3, -0.25) is 4.52 Å². The van der Waals surface area contributed by atoms with Crippen LogP contribution in [0.25, 0.3) is 0 Å². The zero-order valence-corrected chi connectivity index (χ0v) is 48.0. The Morgan fingerprint density at radius 3 is 1.54 bits per heavy atom. The summed E-state index contributed by atoms with van der Waals surface area (Å²) >= 11 is 2.04. The minimum Gasteiger partial charge on any atom is -0.496 e. The van der Waals surface area contributed by atoms with Crippen molar-refractivity contribution in [1.82, 2.24) is 0 Å². The highest BCUT2D eigenvalue weighted by Crippen LogP contribution is 2.66. The minimum atomic E-state index is -5.72. The van der Waals surface area contributed by atoms with Crippen LogP contribution in [0.2, 0.25) is 0 Å². The first-order valence-corrected chi connectivity index (χ1v) is 29.0. The Balaban J connectivity index is 0.000000240. The zero-order chi connectivity index (χ0) is 58.6. The summed E-state index contributed by atoms with van der Waals surface area (Å²) in [7, 11) is -12.4. The zero-order valence-electron chi connectivity index (χ0n) is 43.1. The predicted octanol–water partition coefficient (Wildman–Crippen LogP) is 6.24. The molecule has 3 aliphatic heterocycles. The number of aryl methyl sites for hydroxylation is 3. The van der Waals surface area contributed by atoms with Gasteiger partial charge in [0.15, 0.2) is 6.10 Å². The van der Waals surface area contributed by atoms with E-state index >= 15 is 0 Å². The molecule has 0 radical (unpaired) electrons. The number of hydrogen-bond donors (Lipinski definition) is 9. The monoisotopic (exact) mass is 1280 g/mol. The Morgan fingerprint density at radius 2 is 1.10 bits per heavy atom. The number of hydrogen-bond acceptors (Lipinski definition) is 19. The second-order valence-corrected chi connectivity index (χ2v) is 23.2. The Morgan fingerprint density at radius 1 is 0.641 bits per heavy atom. The van der Waals surface area contributed by atoms with Crippen LogP contribution < -0.4 is 14.2 Å². The fraction of sp³-hybridized carbons (Fsp3) is 0.479. The number of carbonyl (C=O) groups is 1. The van der Waals surface area contributed by atoms with Crippen molar-refractivity contribution in [2.24, 2.45) is 5.92 Å². The summed E-state index contributed by atoms with van der Waals surface area (Å²) in [6, 6.07) is 18.1. The summed E-state index contributed by atoms with van der Waals surface area (Å²) in [4.78, 5) is 47.2. The molecule has 30 heteroatoms. The summed E-state index contributed by atoms with van der Waals surface area (Å²) in [6.45, 7) is 7.85. The molecule has 0 spiro atoms. The van der Waals surface area contributed by atoms with Crippen LogP contribution in [-0.4, -0.2) is 134 Å². The van der Waals surface area contributed by atoms with E-state index in [4.69, 9.17) is 52.9 Å². The van der Waals surface area contributed by atoms with Gasteiger partial charge in [-0.1, -0.05) is 44.2 Å². The van der Waals surface area contributed by atoms with Crippen LogP contribution in [-0.2, 0) is 57.2 Å². The average Bonchev–Trinajstić information content (AvgIpc) is 3.94. The minimum absolute atomic E-state index is 0.00303. The maximum atomic E-state index is 14.0. The Kier molecular flexibility index (Phi) is 25.2. The molecular formula is C48H63F3IO23P3. The van der Waals surface area contributed by atoms with E-state index < -0.39 is 103 Å². The van der Waals surface area contributed by atoms with Crippen molar-refractivity contribution >= 4 is 52.0 Å². The molecule has 13 atom stereocenters. The average molecular weight is 1280 g/mol. The molecule has 5 unspecified atom stereocenters. The molecule has 23 nitrogen and oxygen atoms in total. The largest absolute Gasteiger partial charge is 0.496 e. The third kappa shape index (κ3) is 18.4. The number of benzene rings is 4. The highest BCUT2D eigenvalue weighted by atomic mass is 127. The van der Waals surface area contributed by atoms with Crippen LogP contribution in [0.1, 0.15) is 65.9 Å². The quantitative estimate of drug-likeness (QED) is 0.0321. The van der Waals surface area contributed by atoms with E-state index in [1.165, 1.54) is 45.4 Å².